The summed E-state index contributed by atoms with van der Waals surface area (Å²) in [7, 11) is 0. The molecule has 1 aliphatic carbocycles. The highest BCUT2D eigenvalue weighted by atomic mass is 15.0. The summed E-state index contributed by atoms with van der Waals surface area (Å²) >= 11 is 0. The Morgan fingerprint density at radius 2 is 1.13 bits per heavy atom. The van der Waals surface area contributed by atoms with Crippen LogP contribution in [-0.2, 0) is 0 Å². The zero-order chi connectivity index (χ0) is 20.2. The van der Waals surface area contributed by atoms with Gasteiger partial charge in [0.1, 0.15) is 0 Å². The second-order valence-electron chi connectivity index (χ2n) is 7.55. The predicted octanol–water partition coefficient (Wildman–Crippen LogP) is 4.42. The molecule has 4 aromatic rings. The largest absolute Gasteiger partial charge is 0.284 e. The van der Waals surface area contributed by atoms with E-state index in [0.717, 1.165) is 34.6 Å². The van der Waals surface area contributed by atoms with Gasteiger partial charge in [0.15, 0.2) is 11.6 Å². The number of para-hydroxylation sites is 2. The Labute approximate surface area is 174 Å². The average molecular weight is 394 g/mol. The van der Waals surface area contributed by atoms with E-state index in [4.69, 9.17) is 9.98 Å². The van der Waals surface area contributed by atoms with Crippen LogP contribution in [-0.4, -0.2) is 44.4 Å². The number of fused-ring (bicyclic) bond motifs is 2. The van der Waals surface area contributed by atoms with Gasteiger partial charge in [0, 0.05) is 23.2 Å². The highest BCUT2D eigenvalue weighted by Crippen LogP contribution is 2.24. The molecule has 0 bridgehead atoms. The van der Waals surface area contributed by atoms with Crippen LogP contribution in [0.5, 0.6) is 0 Å². The second kappa shape index (κ2) is 8.45. The molecule has 0 radical (unpaired) electrons. The minimum atomic E-state index is 0.130. The van der Waals surface area contributed by atoms with E-state index < -0.39 is 0 Å². The topological polar surface area (TPSA) is 76.3 Å². The molecule has 0 amide bonds. The van der Waals surface area contributed by atoms with Crippen LogP contribution in [0.3, 0.4) is 0 Å². The fraction of sp³-hybridized carbons (Fsp3) is 0.250. The van der Waals surface area contributed by atoms with Crippen molar-refractivity contribution in [1.29, 1.82) is 0 Å². The molecule has 1 saturated carbocycles. The Balaban J connectivity index is 1.34. The van der Waals surface area contributed by atoms with Gasteiger partial charge >= 0.3 is 0 Å². The molecule has 1 fully saturated rings. The Hall–Kier alpha value is -3.54. The first-order valence-electron chi connectivity index (χ1n) is 10.4. The number of nitrogens with zero attached hydrogens (tertiary/aromatic N) is 6. The predicted molar refractivity (Wildman–Crippen MR) is 120 cm³/mol. The van der Waals surface area contributed by atoms with Gasteiger partial charge < -0.3 is 0 Å². The molecule has 2 aromatic carbocycles. The lowest BCUT2D eigenvalue weighted by Crippen LogP contribution is -2.27. The van der Waals surface area contributed by atoms with Crippen LogP contribution in [0, 0.1) is 0 Å². The van der Waals surface area contributed by atoms with Crippen molar-refractivity contribution in [2.24, 2.45) is 9.98 Å². The van der Waals surface area contributed by atoms with Crippen molar-refractivity contribution in [3.8, 4) is 0 Å². The number of aromatic nitrogens is 4. The second-order valence-corrected chi connectivity index (χ2v) is 7.55. The van der Waals surface area contributed by atoms with Crippen molar-refractivity contribution < 1.29 is 0 Å². The summed E-state index contributed by atoms with van der Waals surface area (Å²) in [6.45, 7) is 0. The lowest BCUT2D eigenvalue weighted by atomic mass is 9.91. The molecule has 2 unspecified atom stereocenters. The summed E-state index contributed by atoms with van der Waals surface area (Å²) in [6, 6.07) is 16.2. The minimum absolute atomic E-state index is 0.130. The summed E-state index contributed by atoms with van der Waals surface area (Å²) in [5, 5.41) is 2.07. The molecular weight excluding hydrogens is 372 g/mol. The molecule has 2 aromatic heterocycles. The monoisotopic (exact) mass is 394 g/mol. The highest BCUT2D eigenvalue weighted by molar-refractivity contribution is 5.83. The molecule has 2 atom stereocenters. The van der Waals surface area contributed by atoms with Gasteiger partial charge in [0.05, 0.1) is 35.5 Å². The van der Waals surface area contributed by atoms with E-state index in [1.165, 1.54) is 12.8 Å². The van der Waals surface area contributed by atoms with Gasteiger partial charge in [0.2, 0.25) is 0 Å². The number of benzene rings is 2. The number of hydrogen-bond acceptors (Lipinski definition) is 6. The molecule has 148 valence electrons. The maximum atomic E-state index is 4.80. The zero-order valence-electron chi connectivity index (χ0n) is 16.6. The van der Waals surface area contributed by atoms with E-state index in [1.54, 1.807) is 12.4 Å². The Kier molecular flexibility index (Phi) is 5.21. The van der Waals surface area contributed by atoms with Gasteiger partial charge in [-0.1, -0.05) is 49.2 Å². The van der Waals surface area contributed by atoms with E-state index in [0.29, 0.717) is 11.6 Å². The quantitative estimate of drug-likeness (QED) is 0.480. The van der Waals surface area contributed by atoms with Crippen molar-refractivity contribution >= 4 is 34.2 Å². The number of rotatable bonds is 4. The van der Waals surface area contributed by atoms with Crippen LogP contribution in [0.1, 0.15) is 37.3 Å². The summed E-state index contributed by atoms with van der Waals surface area (Å²) < 4.78 is 0. The SMILES string of the molecule is C(=N/C1CCCCC1/N=C\c1ncc2ccccc2n1)/c1ncc2ccccc2n1. The molecular formula is C24H22N6. The molecule has 30 heavy (non-hydrogen) atoms. The van der Waals surface area contributed by atoms with Gasteiger partial charge in [-0.2, -0.15) is 0 Å². The third-order valence-electron chi connectivity index (χ3n) is 5.47. The van der Waals surface area contributed by atoms with Gasteiger partial charge in [-0.25, -0.2) is 19.9 Å². The first kappa shape index (κ1) is 18.5. The molecule has 1 aliphatic rings. The van der Waals surface area contributed by atoms with E-state index >= 15 is 0 Å². The normalized spacial score (nSPS) is 19.9. The Morgan fingerprint density at radius 3 is 1.63 bits per heavy atom. The minimum Gasteiger partial charge on any atom is -0.284 e. The van der Waals surface area contributed by atoms with Crippen LogP contribution in [0.15, 0.2) is 70.9 Å². The van der Waals surface area contributed by atoms with E-state index in [2.05, 4.69) is 19.9 Å². The Bertz CT molecular complexity index is 1140. The third kappa shape index (κ3) is 4.08. The van der Waals surface area contributed by atoms with E-state index in [1.807, 2.05) is 60.9 Å². The van der Waals surface area contributed by atoms with Gasteiger partial charge in [-0.3, -0.25) is 9.98 Å². The Morgan fingerprint density at radius 1 is 0.667 bits per heavy atom. The smallest absolute Gasteiger partial charge is 0.170 e. The summed E-state index contributed by atoms with van der Waals surface area (Å²) in [5.74, 6) is 1.28. The molecule has 5 rings (SSSR count). The van der Waals surface area contributed by atoms with E-state index in [9.17, 15) is 0 Å². The molecule has 6 heteroatoms. The fourth-order valence-corrected chi connectivity index (χ4v) is 3.86. The standard InChI is InChI=1S/C24H22N6/c1-3-9-19-17(7-1)13-27-23(29-19)15-25-21-11-5-6-12-22(21)26-16-24-28-14-18-8-2-4-10-20(18)30-24/h1-4,7-10,13-16,21-22H,5-6,11-12H2/b25-15-,26-16-. The van der Waals surface area contributed by atoms with Crippen molar-refractivity contribution in [1.82, 2.24) is 19.9 Å². The zero-order valence-corrected chi connectivity index (χ0v) is 16.6. The van der Waals surface area contributed by atoms with Crippen LogP contribution < -0.4 is 0 Å². The van der Waals surface area contributed by atoms with Crippen molar-refractivity contribution in [3.05, 3.63) is 72.6 Å². The third-order valence-corrected chi connectivity index (χ3v) is 5.47. The van der Waals surface area contributed by atoms with Crippen molar-refractivity contribution in [2.45, 2.75) is 37.8 Å². The maximum absolute atomic E-state index is 4.80. The summed E-state index contributed by atoms with van der Waals surface area (Å²) in [5.41, 5.74) is 1.86. The molecule has 0 saturated heterocycles. The van der Waals surface area contributed by atoms with Gasteiger partial charge in [-0.15, -0.1) is 0 Å². The molecule has 0 spiro atoms. The van der Waals surface area contributed by atoms with E-state index in [-0.39, 0.29) is 12.1 Å². The highest BCUT2D eigenvalue weighted by Gasteiger charge is 2.23. The summed E-state index contributed by atoms with van der Waals surface area (Å²) in [6.07, 6.45) is 11.6. The maximum Gasteiger partial charge on any atom is 0.170 e. The average Bonchev–Trinajstić information content (AvgIpc) is 2.81. The first-order valence-corrected chi connectivity index (χ1v) is 10.4. The molecule has 6 nitrogen and oxygen atoms in total. The van der Waals surface area contributed by atoms with Crippen LogP contribution >= 0.6 is 0 Å². The number of aliphatic imine (C=N–C) groups is 2. The van der Waals surface area contributed by atoms with Crippen LogP contribution in [0.25, 0.3) is 21.8 Å². The number of hydrogen-bond donors (Lipinski definition) is 0. The first-order chi connectivity index (χ1) is 14.8. The molecule has 0 aliphatic heterocycles. The molecule has 2 heterocycles. The van der Waals surface area contributed by atoms with Crippen LogP contribution in [0.4, 0.5) is 0 Å². The van der Waals surface area contributed by atoms with Crippen molar-refractivity contribution in [3.63, 3.8) is 0 Å². The summed E-state index contributed by atoms with van der Waals surface area (Å²) in [4.78, 5) is 27.6. The lowest BCUT2D eigenvalue weighted by Gasteiger charge is -2.25. The molecule has 0 N–H and O–H groups in total. The fourth-order valence-electron chi connectivity index (χ4n) is 3.86. The van der Waals surface area contributed by atoms with Crippen LogP contribution in [0.2, 0.25) is 0 Å². The lowest BCUT2D eigenvalue weighted by molar-refractivity contribution is 0.390. The van der Waals surface area contributed by atoms with Gasteiger partial charge in [-0.05, 0) is 25.0 Å². The van der Waals surface area contributed by atoms with Crippen molar-refractivity contribution in [2.75, 3.05) is 0 Å². The van der Waals surface area contributed by atoms with Gasteiger partial charge in [0.25, 0.3) is 0 Å².